The van der Waals surface area contributed by atoms with E-state index in [2.05, 4.69) is 20.8 Å². The number of amides is 2. The molecule has 0 radical (unpaired) electrons. The van der Waals surface area contributed by atoms with Gasteiger partial charge in [0.05, 0.1) is 5.60 Å². The van der Waals surface area contributed by atoms with Gasteiger partial charge in [-0.1, -0.05) is 44.9 Å². The second kappa shape index (κ2) is 8.16. The summed E-state index contributed by atoms with van der Waals surface area (Å²) in [5, 5.41) is 24.9. The van der Waals surface area contributed by atoms with Crippen LogP contribution < -0.4 is 10.6 Å². The van der Waals surface area contributed by atoms with Crippen molar-refractivity contribution in [1.29, 1.82) is 0 Å². The highest BCUT2D eigenvalue weighted by Crippen LogP contribution is 2.19. The molecule has 0 unspecified atom stereocenters. The lowest BCUT2D eigenvalue weighted by Crippen LogP contribution is -2.44. The third-order valence-electron chi connectivity index (χ3n) is 3.00. The zero-order chi connectivity index (χ0) is 15.0. The third kappa shape index (κ3) is 5.42. The Morgan fingerprint density at radius 1 is 1.25 bits per heavy atom. The maximum atomic E-state index is 11.8. The minimum Gasteiger partial charge on any atom is -0.388 e. The monoisotopic (exact) mass is 300 g/mol. The van der Waals surface area contributed by atoms with Crippen LogP contribution in [0.3, 0.4) is 0 Å². The zero-order valence-electron chi connectivity index (χ0n) is 12.4. The number of aliphatic hydroxyl groups is 1. The number of anilines is 1. The number of nitrogens with one attached hydrogen (secondary N) is 2. The van der Waals surface area contributed by atoms with Crippen molar-refractivity contribution in [1.82, 2.24) is 15.5 Å². The Bertz CT molecular complexity index is 416. The van der Waals surface area contributed by atoms with E-state index in [9.17, 15) is 9.90 Å². The smallest absolute Gasteiger partial charge is 0.321 e. The van der Waals surface area contributed by atoms with Gasteiger partial charge in [-0.05, 0) is 19.3 Å². The number of hydrogen-bond acceptors (Lipinski definition) is 5. The molecule has 114 valence electrons. The first kappa shape index (κ1) is 16.8. The second-order valence-electron chi connectivity index (χ2n) is 4.89. The molecule has 6 nitrogen and oxygen atoms in total. The van der Waals surface area contributed by atoms with Gasteiger partial charge >= 0.3 is 6.03 Å². The van der Waals surface area contributed by atoms with Gasteiger partial charge in [0, 0.05) is 6.54 Å². The molecule has 0 saturated heterocycles. The second-order valence-corrected chi connectivity index (χ2v) is 5.95. The van der Waals surface area contributed by atoms with Gasteiger partial charge in [0.2, 0.25) is 5.13 Å². The molecule has 0 fully saturated rings. The van der Waals surface area contributed by atoms with Gasteiger partial charge in [-0.25, -0.2) is 4.79 Å². The van der Waals surface area contributed by atoms with Gasteiger partial charge in [0.1, 0.15) is 5.01 Å². The number of nitrogens with zero attached hydrogens (tertiary/aromatic N) is 2. The van der Waals surface area contributed by atoms with E-state index in [0.717, 1.165) is 24.3 Å². The van der Waals surface area contributed by atoms with E-state index in [4.69, 9.17) is 0 Å². The summed E-state index contributed by atoms with van der Waals surface area (Å²) >= 11 is 1.36. The van der Waals surface area contributed by atoms with E-state index >= 15 is 0 Å². The predicted molar refractivity (Wildman–Crippen MR) is 81.1 cm³/mol. The van der Waals surface area contributed by atoms with Crippen LogP contribution in [-0.2, 0) is 6.42 Å². The van der Waals surface area contributed by atoms with Crippen molar-refractivity contribution in [2.24, 2.45) is 0 Å². The lowest BCUT2D eigenvalue weighted by molar-refractivity contribution is 0.0245. The van der Waals surface area contributed by atoms with Gasteiger partial charge in [-0.15, -0.1) is 10.2 Å². The summed E-state index contributed by atoms with van der Waals surface area (Å²) < 4.78 is 0. The van der Waals surface area contributed by atoms with Crippen molar-refractivity contribution < 1.29 is 9.90 Å². The molecular formula is C13H24N4O2S. The molecule has 20 heavy (non-hydrogen) atoms. The molecule has 1 aromatic heterocycles. The summed E-state index contributed by atoms with van der Waals surface area (Å²) in [6.07, 6.45) is 3.93. The van der Waals surface area contributed by atoms with Crippen molar-refractivity contribution >= 4 is 22.5 Å². The summed E-state index contributed by atoms with van der Waals surface area (Å²) in [5.41, 5.74) is -0.823. The largest absolute Gasteiger partial charge is 0.388 e. The van der Waals surface area contributed by atoms with Crippen LogP contribution in [0.1, 0.15) is 51.5 Å². The molecule has 3 N–H and O–H groups in total. The lowest BCUT2D eigenvalue weighted by atomic mass is 9.93. The molecule has 0 atom stereocenters. The Balaban J connectivity index is 2.44. The van der Waals surface area contributed by atoms with Gasteiger partial charge in [0.25, 0.3) is 0 Å². The fraction of sp³-hybridized carbons (Fsp3) is 0.769. The first-order valence-corrected chi connectivity index (χ1v) is 7.94. The van der Waals surface area contributed by atoms with Crippen LogP contribution in [0.2, 0.25) is 0 Å². The maximum Gasteiger partial charge on any atom is 0.321 e. The SMILES string of the molecule is CCCC(O)(CCC)CNC(=O)Nc1nnc(CC)s1. The van der Waals surface area contributed by atoms with E-state index in [1.165, 1.54) is 11.3 Å². The molecule has 0 bridgehead atoms. The van der Waals surface area contributed by atoms with Gasteiger partial charge in [-0.3, -0.25) is 5.32 Å². The molecule has 7 heteroatoms. The van der Waals surface area contributed by atoms with E-state index in [1.54, 1.807) is 0 Å². The number of aromatic nitrogens is 2. The molecule has 0 aliphatic heterocycles. The minimum atomic E-state index is -0.823. The zero-order valence-corrected chi connectivity index (χ0v) is 13.2. The molecule has 2 amide bonds. The third-order valence-corrected chi connectivity index (χ3v) is 3.98. The fourth-order valence-electron chi connectivity index (χ4n) is 2.07. The van der Waals surface area contributed by atoms with Crippen LogP contribution in [0.15, 0.2) is 0 Å². The van der Waals surface area contributed by atoms with Gasteiger partial charge in [-0.2, -0.15) is 0 Å². The molecule has 1 rings (SSSR count). The number of carbonyl (C=O) groups is 1. The normalized spacial score (nSPS) is 11.4. The van der Waals surface area contributed by atoms with E-state index in [0.29, 0.717) is 18.0 Å². The Hall–Kier alpha value is -1.21. The van der Waals surface area contributed by atoms with E-state index < -0.39 is 5.60 Å². The standard InChI is InChI=1S/C13H24N4O2S/c1-4-7-13(19,8-5-2)9-14-11(18)15-12-17-16-10(6-3)20-12/h19H,4-9H2,1-3H3,(H2,14,15,17,18). The van der Waals surface area contributed by atoms with Crippen LogP contribution in [0.4, 0.5) is 9.93 Å². The lowest BCUT2D eigenvalue weighted by Gasteiger charge is -2.27. The maximum absolute atomic E-state index is 11.8. The number of hydrogen-bond donors (Lipinski definition) is 3. The summed E-state index contributed by atoms with van der Waals surface area (Å²) in [4.78, 5) is 11.8. The molecular weight excluding hydrogens is 276 g/mol. The number of aryl methyl sites for hydroxylation is 1. The Kier molecular flexibility index (Phi) is 6.87. The van der Waals surface area contributed by atoms with Crippen LogP contribution in [0, 0.1) is 0 Å². The average molecular weight is 300 g/mol. The highest BCUT2D eigenvalue weighted by Gasteiger charge is 2.25. The molecule has 0 aliphatic rings. The summed E-state index contributed by atoms with van der Waals surface area (Å²) in [5.74, 6) is 0. The highest BCUT2D eigenvalue weighted by atomic mass is 32.1. The van der Waals surface area contributed by atoms with Crippen molar-refractivity contribution in [2.45, 2.75) is 58.5 Å². The van der Waals surface area contributed by atoms with Crippen LogP contribution in [0.5, 0.6) is 0 Å². The van der Waals surface area contributed by atoms with E-state index in [-0.39, 0.29) is 12.6 Å². The minimum absolute atomic E-state index is 0.250. The number of rotatable bonds is 8. The first-order chi connectivity index (χ1) is 9.53. The van der Waals surface area contributed by atoms with Crippen LogP contribution >= 0.6 is 11.3 Å². The molecule has 0 spiro atoms. The van der Waals surface area contributed by atoms with Crippen molar-refractivity contribution in [3.63, 3.8) is 0 Å². The molecule has 0 aliphatic carbocycles. The highest BCUT2D eigenvalue weighted by molar-refractivity contribution is 7.15. The average Bonchev–Trinajstić information content (AvgIpc) is 2.85. The van der Waals surface area contributed by atoms with Gasteiger partial charge < -0.3 is 10.4 Å². The molecule has 1 aromatic rings. The van der Waals surface area contributed by atoms with Crippen LogP contribution in [0.25, 0.3) is 0 Å². The topological polar surface area (TPSA) is 87.1 Å². The van der Waals surface area contributed by atoms with Crippen molar-refractivity contribution in [2.75, 3.05) is 11.9 Å². The quantitative estimate of drug-likeness (QED) is 0.688. The molecule has 1 heterocycles. The van der Waals surface area contributed by atoms with Crippen LogP contribution in [-0.4, -0.2) is 33.5 Å². The Morgan fingerprint density at radius 3 is 2.40 bits per heavy atom. The van der Waals surface area contributed by atoms with Crippen molar-refractivity contribution in [3.05, 3.63) is 5.01 Å². The molecule has 0 aromatic carbocycles. The predicted octanol–water partition coefficient (Wildman–Crippen LogP) is 2.55. The Morgan fingerprint density at radius 2 is 1.90 bits per heavy atom. The number of carbonyl (C=O) groups excluding carboxylic acids is 1. The van der Waals surface area contributed by atoms with Crippen molar-refractivity contribution in [3.8, 4) is 0 Å². The molecule has 0 saturated carbocycles. The van der Waals surface area contributed by atoms with Gasteiger partial charge in [0.15, 0.2) is 0 Å². The summed E-state index contributed by atoms with van der Waals surface area (Å²) in [6.45, 7) is 6.28. The summed E-state index contributed by atoms with van der Waals surface area (Å²) in [6, 6.07) is -0.352. The summed E-state index contributed by atoms with van der Waals surface area (Å²) in [7, 11) is 0. The first-order valence-electron chi connectivity index (χ1n) is 7.12. The van der Waals surface area contributed by atoms with E-state index in [1.807, 2.05) is 20.8 Å². The number of urea groups is 1. The fourth-order valence-corrected chi connectivity index (χ4v) is 2.74. The Labute approximate surface area is 124 Å².